The van der Waals surface area contributed by atoms with E-state index in [1.807, 2.05) is 19.2 Å². The van der Waals surface area contributed by atoms with E-state index in [-0.39, 0.29) is 11.4 Å². The normalized spacial score (nSPS) is 11.2. The number of hydrogen-bond acceptors (Lipinski definition) is 7. The molecule has 2 rings (SSSR count). The van der Waals surface area contributed by atoms with Gasteiger partial charge in [0.05, 0.1) is 12.6 Å². The van der Waals surface area contributed by atoms with Gasteiger partial charge in [0.1, 0.15) is 10.8 Å². The molecule has 0 bridgehead atoms. The Balaban J connectivity index is 2.30. The molecule has 0 aliphatic heterocycles. The Morgan fingerprint density at radius 1 is 1.40 bits per heavy atom. The second-order valence-electron chi connectivity index (χ2n) is 4.80. The maximum absolute atomic E-state index is 11.5. The van der Waals surface area contributed by atoms with Crippen molar-refractivity contribution in [1.29, 1.82) is 0 Å². The summed E-state index contributed by atoms with van der Waals surface area (Å²) in [5, 5.41) is 6.13. The number of esters is 1. The average Bonchev–Trinajstić information content (AvgIpc) is 2.91. The fraction of sp³-hybridized carbons (Fsp3) is 0.385. The number of thiazole rings is 1. The molecule has 106 valence electrons. The second kappa shape index (κ2) is 5.54. The zero-order valence-corrected chi connectivity index (χ0v) is 12.6. The van der Waals surface area contributed by atoms with Crippen molar-refractivity contribution in [3.05, 3.63) is 34.2 Å². The van der Waals surface area contributed by atoms with E-state index < -0.39 is 5.97 Å². The summed E-state index contributed by atoms with van der Waals surface area (Å²) in [5.74, 6) is 0.0619. The zero-order valence-electron chi connectivity index (χ0n) is 11.8. The number of aryl methyl sites for hydroxylation is 1. The monoisotopic (exact) mass is 292 g/mol. The molecule has 7 heteroatoms. The van der Waals surface area contributed by atoms with Crippen molar-refractivity contribution >= 4 is 23.1 Å². The predicted molar refractivity (Wildman–Crippen MR) is 76.9 cm³/mol. The van der Waals surface area contributed by atoms with Gasteiger partial charge in [-0.05, 0) is 20.8 Å². The molecule has 0 saturated heterocycles. The topological polar surface area (TPSA) is 77.0 Å². The molecular formula is C13H16N4O2S. The molecule has 0 aliphatic rings. The van der Waals surface area contributed by atoms with Crippen LogP contribution in [-0.2, 0) is 10.3 Å². The van der Waals surface area contributed by atoms with Crippen molar-refractivity contribution in [3.8, 4) is 0 Å². The fourth-order valence-electron chi connectivity index (χ4n) is 1.72. The quantitative estimate of drug-likeness (QED) is 0.872. The predicted octanol–water partition coefficient (Wildman–Crippen LogP) is 2.38. The summed E-state index contributed by atoms with van der Waals surface area (Å²) in [6, 6.07) is 1.78. The number of anilines is 1. The number of hydrogen-bond donors (Lipinski definition) is 1. The number of nitrogens with one attached hydrogen (secondary N) is 1. The Labute approximate surface area is 121 Å². The molecule has 2 aromatic heterocycles. The highest BCUT2D eigenvalue weighted by Crippen LogP contribution is 2.26. The molecule has 0 unspecified atom stereocenters. The van der Waals surface area contributed by atoms with Crippen LogP contribution in [0, 0.1) is 6.92 Å². The molecule has 0 radical (unpaired) electrons. The van der Waals surface area contributed by atoms with E-state index in [9.17, 15) is 4.79 Å². The minimum Gasteiger partial charge on any atom is -0.463 e. The van der Waals surface area contributed by atoms with Gasteiger partial charge in [0.25, 0.3) is 0 Å². The van der Waals surface area contributed by atoms with Crippen LogP contribution in [0.4, 0.5) is 5.82 Å². The number of carbonyl (C=O) groups excluding carboxylic acids is 1. The first kappa shape index (κ1) is 14.4. The van der Waals surface area contributed by atoms with Gasteiger partial charge in [0.15, 0.2) is 0 Å². The van der Waals surface area contributed by atoms with E-state index >= 15 is 0 Å². The highest BCUT2D eigenvalue weighted by Gasteiger charge is 2.24. The standard InChI is InChI=1S/C13H16N4O2S/c1-8-7-9(16-10(15-8)11(18)19-4)17-13(2,3)12-14-5-6-20-12/h5-7H,1-4H3,(H,15,16,17). The number of aromatic nitrogens is 3. The Morgan fingerprint density at radius 3 is 2.75 bits per heavy atom. The summed E-state index contributed by atoms with van der Waals surface area (Å²) in [5.41, 5.74) is 0.306. The van der Waals surface area contributed by atoms with Crippen LogP contribution in [0.5, 0.6) is 0 Å². The maximum Gasteiger partial charge on any atom is 0.376 e. The van der Waals surface area contributed by atoms with Crippen molar-refractivity contribution in [3.63, 3.8) is 0 Å². The highest BCUT2D eigenvalue weighted by atomic mass is 32.1. The molecule has 0 spiro atoms. The van der Waals surface area contributed by atoms with Gasteiger partial charge in [-0.3, -0.25) is 0 Å². The molecule has 1 N–H and O–H groups in total. The van der Waals surface area contributed by atoms with Crippen LogP contribution in [0.2, 0.25) is 0 Å². The van der Waals surface area contributed by atoms with Gasteiger partial charge >= 0.3 is 5.97 Å². The van der Waals surface area contributed by atoms with E-state index in [0.717, 1.165) is 5.01 Å². The van der Waals surface area contributed by atoms with Crippen molar-refractivity contribution < 1.29 is 9.53 Å². The molecular weight excluding hydrogens is 276 g/mol. The average molecular weight is 292 g/mol. The van der Waals surface area contributed by atoms with Crippen LogP contribution < -0.4 is 5.32 Å². The van der Waals surface area contributed by atoms with Crippen molar-refractivity contribution in [1.82, 2.24) is 15.0 Å². The van der Waals surface area contributed by atoms with Crippen molar-refractivity contribution in [2.24, 2.45) is 0 Å². The van der Waals surface area contributed by atoms with Crippen LogP contribution in [0.25, 0.3) is 0 Å². The van der Waals surface area contributed by atoms with Gasteiger partial charge in [-0.15, -0.1) is 11.3 Å². The van der Waals surface area contributed by atoms with Crippen molar-refractivity contribution in [2.45, 2.75) is 26.3 Å². The third-order valence-electron chi connectivity index (χ3n) is 2.63. The molecule has 6 nitrogen and oxygen atoms in total. The van der Waals surface area contributed by atoms with Gasteiger partial charge in [0, 0.05) is 23.3 Å². The third-order valence-corrected chi connectivity index (χ3v) is 3.73. The van der Waals surface area contributed by atoms with E-state index in [4.69, 9.17) is 0 Å². The van der Waals surface area contributed by atoms with E-state index in [1.54, 1.807) is 30.5 Å². The first-order chi connectivity index (χ1) is 9.42. The number of carbonyl (C=O) groups is 1. The number of ether oxygens (including phenoxy) is 1. The molecule has 0 aliphatic carbocycles. The van der Waals surface area contributed by atoms with E-state index in [0.29, 0.717) is 11.5 Å². The fourth-order valence-corrected chi connectivity index (χ4v) is 2.44. The van der Waals surface area contributed by atoms with Gasteiger partial charge < -0.3 is 10.1 Å². The zero-order chi connectivity index (χ0) is 14.8. The van der Waals surface area contributed by atoms with Crippen LogP contribution in [-0.4, -0.2) is 28.0 Å². The first-order valence-corrected chi connectivity index (χ1v) is 6.92. The lowest BCUT2D eigenvalue weighted by Gasteiger charge is -2.24. The lowest BCUT2D eigenvalue weighted by Crippen LogP contribution is -2.28. The minimum absolute atomic E-state index is 0.0462. The minimum atomic E-state index is -0.552. The number of methoxy groups -OCH3 is 1. The second-order valence-corrected chi connectivity index (χ2v) is 5.69. The third kappa shape index (κ3) is 3.11. The summed E-state index contributed by atoms with van der Waals surface area (Å²) in [7, 11) is 1.31. The molecule has 0 amide bonds. The summed E-state index contributed by atoms with van der Waals surface area (Å²) >= 11 is 1.56. The molecule has 0 fully saturated rings. The summed E-state index contributed by atoms with van der Waals surface area (Å²) < 4.78 is 4.65. The smallest absolute Gasteiger partial charge is 0.376 e. The summed E-state index contributed by atoms with van der Waals surface area (Å²) in [6.07, 6.45) is 1.76. The van der Waals surface area contributed by atoms with Gasteiger partial charge in [-0.25, -0.2) is 19.7 Å². The van der Waals surface area contributed by atoms with Gasteiger partial charge in [-0.2, -0.15) is 0 Å². The van der Waals surface area contributed by atoms with Crippen LogP contribution in [0.1, 0.15) is 35.2 Å². The Kier molecular flexibility index (Phi) is 3.99. The van der Waals surface area contributed by atoms with Crippen LogP contribution in [0.3, 0.4) is 0 Å². The van der Waals surface area contributed by atoms with Crippen molar-refractivity contribution in [2.75, 3.05) is 12.4 Å². The lowest BCUT2D eigenvalue weighted by atomic mass is 10.1. The Bertz CT molecular complexity index is 611. The van der Waals surface area contributed by atoms with Gasteiger partial charge in [-0.1, -0.05) is 0 Å². The first-order valence-electron chi connectivity index (χ1n) is 6.04. The largest absolute Gasteiger partial charge is 0.463 e. The summed E-state index contributed by atoms with van der Waals surface area (Å²) in [6.45, 7) is 5.80. The number of rotatable bonds is 4. The van der Waals surface area contributed by atoms with E-state index in [1.165, 1.54) is 7.11 Å². The van der Waals surface area contributed by atoms with E-state index in [2.05, 4.69) is 25.0 Å². The van der Waals surface area contributed by atoms with Crippen LogP contribution >= 0.6 is 11.3 Å². The maximum atomic E-state index is 11.5. The summed E-state index contributed by atoms with van der Waals surface area (Å²) in [4.78, 5) is 24.1. The lowest BCUT2D eigenvalue weighted by molar-refractivity contribution is 0.0586. The molecule has 0 saturated carbocycles. The molecule has 0 atom stereocenters. The Morgan fingerprint density at radius 2 is 2.15 bits per heavy atom. The molecule has 0 aromatic carbocycles. The van der Waals surface area contributed by atoms with Crippen LogP contribution in [0.15, 0.2) is 17.6 Å². The molecule has 2 aromatic rings. The highest BCUT2D eigenvalue weighted by molar-refractivity contribution is 7.09. The SMILES string of the molecule is COC(=O)c1nc(C)cc(NC(C)(C)c2nccs2)n1. The van der Waals surface area contributed by atoms with Gasteiger partial charge in [0.2, 0.25) is 5.82 Å². The number of nitrogens with zero attached hydrogens (tertiary/aromatic N) is 3. The Hall–Kier alpha value is -2.02. The molecule has 20 heavy (non-hydrogen) atoms. The molecule has 2 heterocycles.